The van der Waals surface area contributed by atoms with Crippen molar-refractivity contribution in [3.63, 3.8) is 0 Å². The molecule has 0 saturated carbocycles. The van der Waals surface area contributed by atoms with Gasteiger partial charge >= 0.3 is 0 Å². The minimum Gasteiger partial charge on any atom is -0.310 e. The number of anilines is 1. The largest absolute Gasteiger partial charge is 0.310 e. The number of hydrogen-bond donors (Lipinski definition) is 0. The summed E-state index contributed by atoms with van der Waals surface area (Å²) in [6.45, 7) is 22.4. The molecule has 0 saturated heterocycles. The van der Waals surface area contributed by atoms with Gasteiger partial charge < -0.3 is 4.90 Å². The number of allylic oxidation sites excluding steroid dienone is 9. The molecule has 0 atom stereocenters. The minimum atomic E-state index is 1.02. The van der Waals surface area contributed by atoms with Crippen molar-refractivity contribution in [1.29, 1.82) is 0 Å². The van der Waals surface area contributed by atoms with E-state index in [0.717, 1.165) is 17.1 Å². The molecule has 0 radical (unpaired) electrons. The van der Waals surface area contributed by atoms with Crippen LogP contribution in [0, 0.1) is 6.92 Å². The average molecular weight is 426 g/mol. The van der Waals surface area contributed by atoms with Gasteiger partial charge in [-0.25, -0.2) is 0 Å². The lowest BCUT2D eigenvalue weighted by atomic mass is 9.97. The van der Waals surface area contributed by atoms with Gasteiger partial charge in [-0.3, -0.25) is 0 Å². The van der Waals surface area contributed by atoms with Gasteiger partial charge in [-0.15, -0.1) is 0 Å². The Morgan fingerprint density at radius 2 is 1.62 bits per heavy atom. The highest BCUT2D eigenvalue weighted by Gasteiger charge is 2.17. The van der Waals surface area contributed by atoms with Crippen molar-refractivity contribution in [3.05, 3.63) is 120 Å². The van der Waals surface area contributed by atoms with Gasteiger partial charge in [-0.05, 0) is 75.4 Å². The van der Waals surface area contributed by atoms with Gasteiger partial charge in [0.15, 0.2) is 0 Å². The van der Waals surface area contributed by atoms with Gasteiger partial charge in [-0.1, -0.05) is 93.3 Å². The Bertz CT molecular complexity index is 1070. The molecule has 0 bridgehead atoms. The van der Waals surface area contributed by atoms with E-state index in [9.17, 15) is 0 Å². The van der Waals surface area contributed by atoms with Crippen LogP contribution in [-0.4, -0.2) is 0 Å². The third-order valence-corrected chi connectivity index (χ3v) is 5.13. The fourth-order valence-corrected chi connectivity index (χ4v) is 3.48. The van der Waals surface area contributed by atoms with Gasteiger partial charge in [0, 0.05) is 16.8 Å². The highest BCUT2D eigenvalue weighted by atomic mass is 15.2. The summed E-state index contributed by atoms with van der Waals surface area (Å²) in [5, 5.41) is 2.44. The van der Waals surface area contributed by atoms with Crippen molar-refractivity contribution in [1.82, 2.24) is 0 Å². The molecule has 2 rings (SSSR count). The summed E-state index contributed by atoms with van der Waals surface area (Å²) in [6, 6.07) is 10.9. The van der Waals surface area contributed by atoms with E-state index in [-0.39, 0.29) is 0 Å². The van der Waals surface area contributed by atoms with Crippen LogP contribution in [0.4, 0.5) is 5.69 Å². The quantitative estimate of drug-likeness (QED) is 0.380. The van der Waals surface area contributed by atoms with Gasteiger partial charge in [0.1, 0.15) is 0 Å². The summed E-state index contributed by atoms with van der Waals surface area (Å²) in [4.78, 5) is 2.26. The Balaban J connectivity index is 0.00000249. The predicted molar refractivity (Wildman–Crippen MR) is 148 cm³/mol. The summed E-state index contributed by atoms with van der Waals surface area (Å²) in [5.41, 5.74) is 6.91. The van der Waals surface area contributed by atoms with Crippen LogP contribution in [0.25, 0.3) is 16.8 Å². The van der Waals surface area contributed by atoms with Gasteiger partial charge in [0.25, 0.3) is 0 Å². The molecule has 1 heteroatoms. The maximum Gasteiger partial charge on any atom is 0.0540 e. The van der Waals surface area contributed by atoms with E-state index in [0.29, 0.717) is 0 Å². The van der Waals surface area contributed by atoms with Crippen molar-refractivity contribution in [2.45, 2.75) is 48.5 Å². The second-order valence-electron chi connectivity index (χ2n) is 7.12. The first-order valence-corrected chi connectivity index (χ1v) is 11.4. The van der Waals surface area contributed by atoms with Crippen molar-refractivity contribution < 1.29 is 0 Å². The van der Waals surface area contributed by atoms with E-state index in [1.807, 2.05) is 26.0 Å². The first-order chi connectivity index (χ1) is 15.5. The van der Waals surface area contributed by atoms with Crippen LogP contribution in [0.2, 0.25) is 0 Å². The summed E-state index contributed by atoms with van der Waals surface area (Å²) in [5.74, 6) is 0. The standard InChI is InChI=1S/C29H33N.C2H6/c1-8-13-16-24(11-4)30(25(12-5)21-22(6)10-3)29-18-14-17-27-26(15-9-2)23(7)19-20-28(27)29;1-2/h8-21H,1,5H2,2-4,6-7H3;1-2H3/b15-9-,16-13-,22-10-,24-11+,25-21+;. The van der Waals surface area contributed by atoms with Crippen molar-refractivity contribution in [3.8, 4) is 0 Å². The molecule has 1 nitrogen and oxygen atoms in total. The van der Waals surface area contributed by atoms with Crippen LogP contribution < -0.4 is 4.90 Å². The predicted octanol–water partition coefficient (Wildman–Crippen LogP) is 9.70. The molecule has 0 spiro atoms. The van der Waals surface area contributed by atoms with Crippen LogP contribution in [0.1, 0.15) is 52.7 Å². The molecule has 32 heavy (non-hydrogen) atoms. The second-order valence-corrected chi connectivity index (χ2v) is 7.12. The average Bonchev–Trinajstić information content (AvgIpc) is 2.83. The fourth-order valence-electron chi connectivity index (χ4n) is 3.48. The molecule has 0 aromatic heterocycles. The lowest BCUT2D eigenvalue weighted by Gasteiger charge is -2.29. The number of rotatable bonds is 8. The maximum atomic E-state index is 4.11. The zero-order valence-electron chi connectivity index (χ0n) is 20.9. The van der Waals surface area contributed by atoms with E-state index in [2.05, 4.69) is 119 Å². The lowest BCUT2D eigenvalue weighted by Crippen LogP contribution is -2.20. The highest BCUT2D eigenvalue weighted by molar-refractivity contribution is 6.01. The summed E-state index contributed by atoms with van der Waals surface area (Å²) in [7, 11) is 0. The molecule has 0 N–H and O–H groups in total. The van der Waals surface area contributed by atoms with E-state index < -0.39 is 0 Å². The number of aryl methyl sites for hydroxylation is 1. The first kappa shape index (κ1) is 26.7. The van der Waals surface area contributed by atoms with E-state index in [1.165, 1.54) is 27.5 Å². The van der Waals surface area contributed by atoms with Crippen molar-refractivity contribution in [2.75, 3.05) is 4.90 Å². The molecule has 0 aliphatic heterocycles. The molecule has 0 amide bonds. The Morgan fingerprint density at radius 3 is 2.19 bits per heavy atom. The topological polar surface area (TPSA) is 3.24 Å². The van der Waals surface area contributed by atoms with Crippen molar-refractivity contribution >= 4 is 22.5 Å². The molecule has 0 heterocycles. The third kappa shape index (κ3) is 6.34. The summed E-state index contributed by atoms with van der Waals surface area (Å²) in [6.07, 6.45) is 18.4. The van der Waals surface area contributed by atoms with Gasteiger partial charge in [0.05, 0.1) is 5.69 Å². The zero-order chi connectivity index (χ0) is 24.1. The highest BCUT2D eigenvalue weighted by Crippen LogP contribution is 2.36. The molecular formula is C31H39N. The zero-order valence-corrected chi connectivity index (χ0v) is 20.9. The number of nitrogens with zero attached hydrogens (tertiary/aromatic N) is 1. The van der Waals surface area contributed by atoms with E-state index in [4.69, 9.17) is 0 Å². The minimum absolute atomic E-state index is 1.02. The molecule has 2 aromatic rings. The summed E-state index contributed by atoms with van der Waals surface area (Å²) < 4.78 is 0. The first-order valence-electron chi connectivity index (χ1n) is 11.4. The Hall–Kier alpha value is -3.32. The monoisotopic (exact) mass is 425 g/mol. The number of fused-ring (bicyclic) bond motifs is 1. The van der Waals surface area contributed by atoms with Crippen molar-refractivity contribution in [2.24, 2.45) is 0 Å². The van der Waals surface area contributed by atoms with Gasteiger partial charge in [0.2, 0.25) is 0 Å². The SMILES string of the molecule is C=C/C=C\C(=C/C)N(/C(C=C)=C/C(C)=C\C)c1cccc2c(/C=C\C)c(C)ccc12.CC. The number of hydrogen-bond acceptors (Lipinski definition) is 1. The molecule has 0 unspecified atom stereocenters. The maximum absolute atomic E-state index is 4.11. The molecular weight excluding hydrogens is 386 g/mol. The van der Waals surface area contributed by atoms with E-state index >= 15 is 0 Å². The van der Waals surface area contributed by atoms with Crippen LogP contribution in [-0.2, 0) is 0 Å². The normalized spacial score (nSPS) is 12.8. The molecule has 0 aliphatic carbocycles. The molecule has 0 fully saturated rings. The second kappa shape index (κ2) is 13.9. The molecule has 0 aliphatic rings. The Kier molecular flexibility index (Phi) is 11.6. The Morgan fingerprint density at radius 1 is 0.906 bits per heavy atom. The fraction of sp³-hybridized carbons (Fsp3) is 0.226. The van der Waals surface area contributed by atoms with E-state index in [1.54, 1.807) is 6.08 Å². The third-order valence-electron chi connectivity index (χ3n) is 5.13. The van der Waals surface area contributed by atoms with Gasteiger partial charge in [-0.2, -0.15) is 0 Å². The summed E-state index contributed by atoms with van der Waals surface area (Å²) >= 11 is 0. The lowest BCUT2D eigenvalue weighted by molar-refractivity contribution is 1.14. The van der Waals surface area contributed by atoms with Crippen LogP contribution in [0.15, 0.2) is 109 Å². The Labute approximate surface area is 196 Å². The van der Waals surface area contributed by atoms with Crippen LogP contribution >= 0.6 is 0 Å². The number of benzene rings is 2. The molecule has 168 valence electrons. The van der Waals surface area contributed by atoms with Crippen LogP contribution in [0.3, 0.4) is 0 Å². The smallest absolute Gasteiger partial charge is 0.0540 e. The molecule has 2 aromatic carbocycles. The van der Waals surface area contributed by atoms with Crippen LogP contribution in [0.5, 0.6) is 0 Å².